The molecule has 0 aromatic heterocycles. The summed E-state index contributed by atoms with van der Waals surface area (Å²) in [4.78, 5) is 12.1. The third-order valence-corrected chi connectivity index (χ3v) is 4.02. The molecule has 0 saturated carbocycles. The Hall–Kier alpha value is -2.25. The second kappa shape index (κ2) is 8.91. The van der Waals surface area contributed by atoms with Crippen LogP contribution in [0.4, 0.5) is 0 Å². The van der Waals surface area contributed by atoms with E-state index in [4.69, 9.17) is 5.26 Å². The molecule has 2 aromatic carbocycles. The fourth-order valence-corrected chi connectivity index (χ4v) is 2.67. The quantitative estimate of drug-likeness (QED) is 0.798. The lowest BCUT2D eigenvalue weighted by molar-refractivity contribution is -0.119. The number of thioether (sulfide) groups is 1. The average molecular weight is 310 g/mol. The summed E-state index contributed by atoms with van der Waals surface area (Å²) in [6.07, 6.45) is 0.750. The number of carbonyl (C=O) groups is 1. The lowest BCUT2D eigenvalue weighted by Gasteiger charge is -2.19. The van der Waals surface area contributed by atoms with Gasteiger partial charge in [0.05, 0.1) is 23.6 Å². The van der Waals surface area contributed by atoms with Gasteiger partial charge in [-0.2, -0.15) is 5.26 Å². The van der Waals surface area contributed by atoms with Gasteiger partial charge in [-0.05, 0) is 17.5 Å². The molecule has 1 atom stereocenters. The summed E-state index contributed by atoms with van der Waals surface area (Å²) in [5, 5.41) is 11.6. The Morgan fingerprint density at radius 3 is 2.36 bits per heavy atom. The molecule has 0 aliphatic heterocycles. The lowest BCUT2D eigenvalue weighted by atomic mass is 9.99. The topological polar surface area (TPSA) is 52.9 Å². The van der Waals surface area contributed by atoms with Gasteiger partial charge in [-0.3, -0.25) is 4.79 Å². The zero-order valence-corrected chi connectivity index (χ0v) is 13.1. The van der Waals surface area contributed by atoms with E-state index in [0.717, 1.165) is 12.0 Å². The van der Waals surface area contributed by atoms with Gasteiger partial charge in [0.2, 0.25) is 5.91 Å². The van der Waals surface area contributed by atoms with E-state index < -0.39 is 0 Å². The zero-order chi connectivity index (χ0) is 15.6. The summed E-state index contributed by atoms with van der Waals surface area (Å²) in [7, 11) is 0. The lowest BCUT2D eigenvalue weighted by Crippen LogP contribution is -2.31. The number of amides is 1. The van der Waals surface area contributed by atoms with Crippen molar-refractivity contribution in [1.29, 1.82) is 5.26 Å². The van der Waals surface area contributed by atoms with Gasteiger partial charge in [-0.1, -0.05) is 60.7 Å². The van der Waals surface area contributed by atoms with Gasteiger partial charge in [-0.25, -0.2) is 0 Å². The van der Waals surface area contributed by atoms with Gasteiger partial charge in [0.15, 0.2) is 0 Å². The van der Waals surface area contributed by atoms with E-state index in [-0.39, 0.29) is 11.9 Å². The molecule has 0 bridgehead atoms. The van der Waals surface area contributed by atoms with Gasteiger partial charge < -0.3 is 5.32 Å². The predicted molar refractivity (Wildman–Crippen MR) is 90.4 cm³/mol. The van der Waals surface area contributed by atoms with Gasteiger partial charge in [0.25, 0.3) is 0 Å². The minimum Gasteiger partial charge on any atom is -0.348 e. The van der Waals surface area contributed by atoms with E-state index >= 15 is 0 Å². The average Bonchev–Trinajstić information content (AvgIpc) is 2.56. The molecule has 0 saturated heterocycles. The molecule has 0 spiro atoms. The molecule has 2 rings (SSSR count). The molecule has 0 radical (unpaired) electrons. The van der Waals surface area contributed by atoms with Gasteiger partial charge >= 0.3 is 0 Å². The molecule has 4 heteroatoms. The number of nitrogens with one attached hydrogen (secondary N) is 1. The molecule has 3 nitrogen and oxygen atoms in total. The summed E-state index contributed by atoms with van der Waals surface area (Å²) < 4.78 is 0. The van der Waals surface area contributed by atoms with E-state index in [1.54, 1.807) is 0 Å². The van der Waals surface area contributed by atoms with E-state index in [9.17, 15) is 4.79 Å². The second-order valence-corrected chi connectivity index (χ2v) is 5.86. The minimum atomic E-state index is -0.0567. The molecule has 0 aliphatic rings. The van der Waals surface area contributed by atoms with Crippen molar-refractivity contribution in [3.63, 3.8) is 0 Å². The number of carbonyl (C=O) groups excluding carboxylic acids is 1. The minimum absolute atomic E-state index is 0.0370. The van der Waals surface area contributed by atoms with Gasteiger partial charge in [-0.15, -0.1) is 11.8 Å². The molecule has 0 fully saturated rings. The zero-order valence-electron chi connectivity index (χ0n) is 12.2. The SMILES string of the molecule is N#CCSCC(=O)N[C@@H](Cc1ccccc1)c1ccccc1. The van der Waals surface area contributed by atoms with E-state index in [1.807, 2.05) is 54.6 Å². The highest BCUT2D eigenvalue weighted by atomic mass is 32.2. The maximum atomic E-state index is 12.1. The van der Waals surface area contributed by atoms with Crippen LogP contribution in [0.3, 0.4) is 0 Å². The van der Waals surface area contributed by atoms with Crippen molar-refractivity contribution in [3.8, 4) is 6.07 Å². The van der Waals surface area contributed by atoms with Crippen molar-refractivity contribution in [2.75, 3.05) is 11.5 Å². The maximum absolute atomic E-state index is 12.1. The van der Waals surface area contributed by atoms with Crippen LogP contribution in [0.2, 0.25) is 0 Å². The number of nitriles is 1. The fourth-order valence-electron chi connectivity index (χ4n) is 2.21. The molecule has 1 amide bonds. The van der Waals surface area contributed by atoms with Crippen LogP contribution in [-0.2, 0) is 11.2 Å². The molecule has 2 aromatic rings. The number of benzene rings is 2. The van der Waals surface area contributed by atoms with Crippen molar-refractivity contribution >= 4 is 17.7 Å². The Morgan fingerprint density at radius 1 is 1.09 bits per heavy atom. The third-order valence-electron chi connectivity index (χ3n) is 3.22. The van der Waals surface area contributed by atoms with Crippen LogP contribution < -0.4 is 5.32 Å². The highest BCUT2D eigenvalue weighted by molar-refractivity contribution is 8.00. The second-order valence-electron chi connectivity index (χ2n) is 4.87. The van der Waals surface area contributed by atoms with E-state index in [1.165, 1.54) is 17.3 Å². The van der Waals surface area contributed by atoms with Crippen molar-refractivity contribution in [2.45, 2.75) is 12.5 Å². The van der Waals surface area contributed by atoms with E-state index in [2.05, 4.69) is 17.4 Å². The molecule has 112 valence electrons. The Kier molecular flexibility index (Phi) is 6.53. The first-order valence-corrected chi connectivity index (χ1v) is 8.28. The molecule has 0 unspecified atom stereocenters. The van der Waals surface area contributed by atoms with Crippen molar-refractivity contribution in [3.05, 3.63) is 71.8 Å². The van der Waals surface area contributed by atoms with Crippen LogP contribution in [0.1, 0.15) is 17.2 Å². The van der Waals surface area contributed by atoms with Crippen molar-refractivity contribution in [1.82, 2.24) is 5.32 Å². The number of hydrogen-bond acceptors (Lipinski definition) is 3. The number of nitrogens with zero attached hydrogens (tertiary/aromatic N) is 1. The summed E-state index contributed by atoms with van der Waals surface area (Å²) >= 11 is 1.33. The Labute approximate surface area is 135 Å². The molecular formula is C18H18N2OS. The molecule has 0 heterocycles. The molecular weight excluding hydrogens is 292 g/mol. The van der Waals surface area contributed by atoms with Crippen LogP contribution >= 0.6 is 11.8 Å². The third kappa shape index (κ3) is 5.27. The highest BCUT2D eigenvalue weighted by Crippen LogP contribution is 2.18. The summed E-state index contributed by atoms with van der Waals surface area (Å²) in [5.74, 6) is 0.610. The molecule has 1 N–H and O–H groups in total. The number of hydrogen-bond donors (Lipinski definition) is 1. The van der Waals surface area contributed by atoms with E-state index in [0.29, 0.717) is 11.5 Å². The first-order chi connectivity index (χ1) is 10.8. The normalized spacial score (nSPS) is 11.4. The number of rotatable bonds is 7. The summed E-state index contributed by atoms with van der Waals surface area (Å²) in [5.41, 5.74) is 2.27. The van der Waals surface area contributed by atoms with Crippen LogP contribution in [0, 0.1) is 11.3 Å². The fraction of sp³-hybridized carbons (Fsp3) is 0.222. The Bertz CT molecular complexity index is 623. The Morgan fingerprint density at radius 2 is 1.73 bits per heavy atom. The van der Waals surface area contributed by atoms with Crippen LogP contribution in [-0.4, -0.2) is 17.4 Å². The predicted octanol–water partition coefficient (Wildman–Crippen LogP) is 3.34. The first-order valence-electron chi connectivity index (χ1n) is 7.12. The standard InChI is InChI=1S/C18H18N2OS/c19-11-12-22-14-18(21)20-17(16-9-5-2-6-10-16)13-15-7-3-1-4-8-15/h1-10,17H,12-14H2,(H,20,21)/t17-/m0/s1. The van der Waals surface area contributed by atoms with Crippen LogP contribution in [0.25, 0.3) is 0 Å². The summed E-state index contributed by atoms with van der Waals surface area (Å²) in [6.45, 7) is 0. The highest BCUT2D eigenvalue weighted by Gasteiger charge is 2.15. The maximum Gasteiger partial charge on any atom is 0.230 e. The van der Waals surface area contributed by atoms with Crippen LogP contribution in [0.15, 0.2) is 60.7 Å². The summed E-state index contributed by atoms with van der Waals surface area (Å²) in [6, 6.07) is 22.1. The molecule has 22 heavy (non-hydrogen) atoms. The van der Waals surface area contributed by atoms with Crippen LogP contribution in [0.5, 0.6) is 0 Å². The molecule has 0 aliphatic carbocycles. The Balaban J connectivity index is 2.05. The largest absolute Gasteiger partial charge is 0.348 e. The van der Waals surface area contributed by atoms with Gasteiger partial charge in [0.1, 0.15) is 0 Å². The van der Waals surface area contributed by atoms with Crippen molar-refractivity contribution in [2.24, 2.45) is 0 Å². The first kappa shape index (κ1) is 16.1. The van der Waals surface area contributed by atoms with Gasteiger partial charge in [0, 0.05) is 0 Å². The smallest absolute Gasteiger partial charge is 0.230 e. The monoisotopic (exact) mass is 310 g/mol. The van der Waals surface area contributed by atoms with Crippen molar-refractivity contribution < 1.29 is 4.79 Å².